The minimum atomic E-state index is 0. The molecule has 0 atom stereocenters. The third-order valence-corrected chi connectivity index (χ3v) is 5.70. The Morgan fingerprint density at radius 3 is 2.42 bits per heavy atom. The summed E-state index contributed by atoms with van der Waals surface area (Å²) in [7, 11) is 0. The number of nitrogens with zero attached hydrogens (tertiary/aromatic N) is 2. The molecule has 4 aromatic rings. The Morgan fingerprint density at radius 2 is 1.68 bits per heavy atom. The molecular formula is C26H27Cl2N3. The molecule has 0 saturated carbocycles. The molecule has 160 valence electrons. The van der Waals surface area contributed by atoms with Gasteiger partial charge in [0.15, 0.2) is 0 Å². The zero-order valence-corrected chi connectivity index (χ0v) is 19.4. The lowest BCUT2D eigenvalue weighted by Crippen LogP contribution is -2.22. The van der Waals surface area contributed by atoms with Gasteiger partial charge in [0.1, 0.15) is 0 Å². The quantitative estimate of drug-likeness (QED) is 0.314. The number of nitrogens with one attached hydrogen (secondary N) is 1. The Balaban J connectivity index is 0.00000272. The lowest BCUT2D eigenvalue weighted by atomic mass is 9.98. The van der Waals surface area contributed by atoms with Gasteiger partial charge in [-0.05, 0) is 66.2 Å². The van der Waals surface area contributed by atoms with Crippen molar-refractivity contribution in [3.63, 3.8) is 0 Å². The first-order valence-electron chi connectivity index (χ1n) is 10.4. The van der Waals surface area contributed by atoms with Crippen LogP contribution in [0.1, 0.15) is 19.4 Å². The Kier molecular flexibility index (Phi) is 7.91. The normalized spacial score (nSPS) is 10.8. The third kappa shape index (κ3) is 5.37. The number of hydrogen-bond acceptors (Lipinski definition) is 3. The van der Waals surface area contributed by atoms with Crippen molar-refractivity contribution in [2.45, 2.75) is 20.4 Å². The van der Waals surface area contributed by atoms with E-state index in [1.165, 1.54) is 16.7 Å². The van der Waals surface area contributed by atoms with E-state index in [9.17, 15) is 0 Å². The van der Waals surface area contributed by atoms with E-state index in [0.717, 1.165) is 41.9 Å². The van der Waals surface area contributed by atoms with E-state index >= 15 is 0 Å². The van der Waals surface area contributed by atoms with Gasteiger partial charge >= 0.3 is 0 Å². The highest BCUT2D eigenvalue weighted by atomic mass is 35.5. The smallest absolute Gasteiger partial charge is 0.0737 e. The Morgan fingerprint density at radius 1 is 0.903 bits per heavy atom. The van der Waals surface area contributed by atoms with Crippen LogP contribution < -0.4 is 5.32 Å². The van der Waals surface area contributed by atoms with Crippen LogP contribution >= 0.6 is 24.0 Å². The lowest BCUT2D eigenvalue weighted by molar-refractivity contribution is 0.296. The summed E-state index contributed by atoms with van der Waals surface area (Å²) in [6, 6.07) is 25.1. The highest BCUT2D eigenvalue weighted by Gasteiger charge is 2.11. The van der Waals surface area contributed by atoms with Gasteiger partial charge in [-0.1, -0.05) is 61.8 Å². The maximum Gasteiger partial charge on any atom is 0.0737 e. The molecule has 0 aliphatic heterocycles. The van der Waals surface area contributed by atoms with Crippen LogP contribution in [0.2, 0.25) is 5.02 Å². The van der Waals surface area contributed by atoms with Gasteiger partial charge in [-0.25, -0.2) is 0 Å². The SMILES string of the molecule is CCN(CC)Cc1ccc(Nc2ccnc3cc(Cl)ccc23)cc1-c1ccccc1.Cl. The third-order valence-electron chi connectivity index (χ3n) is 5.47. The molecule has 3 aromatic carbocycles. The van der Waals surface area contributed by atoms with Crippen molar-refractivity contribution in [3.8, 4) is 11.1 Å². The fraction of sp³-hybridized carbons (Fsp3) is 0.192. The lowest BCUT2D eigenvalue weighted by Gasteiger charge is -2.21. The summed E-state index contributed by atoms with van der Waals surface area (Å²) in [4.78, 5) is 6.88. The molecule has 0 aliphatic carbocycles. The van der Waals surface area contributed by atoms with E-state index in [0.29, 0.717) is 5.02 Å². The highest BCUT2D eigenvalue weighted by Crippen LogP contribution is 2.32. The van der Waals surface area contributed by atoms with Crippen molar-refractivity contribution in [2.24, 2.45) is 0 Å². The van der Waals surface area contributed by atoms with E-state index in [4.69, 9.17) is 11.6 Å². The first kappa shape index (κ1) is 23.1. The van der Waals surface area contributed by atoms with E-state index in [1.54, 1.807) is 0 Å². The second kappa shape index (κ2) is 10.6. The van der Waals surface area contributed by atoms with Crippen molar-refractivity contribution >= 4 is 46.3 Å². The summed E-state index contributed by atoms with van der Waals surface area (Å²) in [5.74, 6) is 0. The Bertz CT molecular complexity index is 1140. The van der Waals surface area contributed by atoms with Gasteiger partial charge in [0.05, 0.1) is 5.52 Å². The van der Waals surface area contributed by atoms with Crippen LogP contribution in [-0.2, 0) is 6.54 Å². The number of rotatable bonds is 7. The Hall–Kier alpha value is -2.59. The van der Waals surface area contributed by atoms with Crippen molar-refractivity contribution < 1.29 is 0 Å². The fourth-order valence-corrected chi connectivity index (χ4v) is 3.92. The number of pyridine rings is 1. The van der Waals surface area contributed by atoms with E-state index in [2.05, 4.69) is 77.6 Å². The molecular weight excluding hydrogens is 425 g/mol. The minimum Gasteiger partial charge on any atom is -0.355 e. The van der Waals surface area contributed by atoms with Crippen molar-refractivity contribution in [1.82, 2.24) is 9.88 Å². The summed E-state index contributed by atoms with van der Waals surface area (Å²) in [5, 5.41) is 5.33. The summed E-state index contributed by atoms with van der Waals surface area (Å²) >= 11 is 6.14. The molecule has 0 unspecified atom stereocenters. The molecule has 0 amide bonds. The molecule has 0 spiro atoms. The minimum absolute atomic E-state index is 0. The molecule has 1 N–H and O–H groups in total. The number of anilines is 2. The first-order chi connectivity index (χ1) is 14.7. The molecule has 0 radical (unpaired) electrons. The fourth-order valence-electron chi connectivity index (χ4n) is 3.75. The molecule has 0 aliphatic rings. The standard InChI is InChI=1S/C26H26ClN3.ClH/c1-3-30(4-2)18-20-10-12-22(17-24(20)19-8-6-5-7-9-19)29-25-14-15-28-26-16-21(27)11-13-23(25)26;/h5-17H,3-4,18H2,1-2H3,(H,28,29);1H. The molecule has 5 heteroatoms. The summed E-state index contributed by atoms with van der Waals surface area (Å²) < 4.78 is 0. The number of hydrogen-bond donors (Lipinski definition) is 1. The molecule has 0 bridgehead atoms. The van der Waals surface area contributed by atoms with Crippen LogP contribution in [0.3, 0.4) is 0 Å². The van der Waals surface area contributed by atoms with E-state index < -0.39 is 0 Å². The number of aromatic nitrogens is 1. The van der Waals surface area contributed by atoms with E-state index in [1.807, 2.05) is 30.5 Å². The molecule has 1 heterocycles. The maximum absolute atomic E-state index is 6.14. The summed E-state index contributed by atoms with van der Waals surface area (Å²) in [6.07, 6.45) is 1.81. The van der Waals surface area contributed by atoms with Crippen LogP contribution in [-0.4, -0.2) is 23.0 Å². The summed E-state index contributed by atoms with van der Waals surface area (Å²) in [5.41, 5.74) is 6.78. The predicted octanol–water partition coefficient (Wildman–Crippen LogP) is 7.56. The van der Waals surface area contributed by atoms with Gasteiger partial charge in [0.2, 0.25) is 0 Å². The van der Waals surface area contributed by atoms with Crippen molar-refractivity contribution in [1.29, 1.82) is 0 Å². The van der Waals surface area contributed by atoms with Crippen LogP contribution in [0.4, 0.5) is 11.4 Å². The first-order valence-corrected chi connectivity index (χ1v) is 10.8. The average molecular weight is 452 g/mol. The van der Waals surface area contributed by atoms with Crippen molar-refractivity contribution in [3.05, 3.63) is 89.6 Å². The van der Waals surface area contributed by atoms with Crippen LogP contribution in [0.5, 0.6) is 0 Å². The molecule has 0 fully saturated rings. The number of halogens is 2. The monoisotopic (exact) mass is 451 g/mol. The summed E-state index contributed by atoms with van der Waals surface area (Å²) in [6.45, 7) is 7.44. The van der Waals surface area contributed by atoms with Gasteiger partial charge < -0.3 is 5.32 Å². The van der Waals surface area contributed by atoms with Crippen molar-refractivity contribution in [2.75, 3.05) is 18.4 Å². The molecule has 0 saturated heterocycles. The largest absolute Gasteiger partial charge is 0.355 e. The van der Waals surface area contributed by atoms with Gasteiger partial charge in [-0.2, -0.15) is 0 Å². The average Bonchev–Trinajstić information content (AvgIpc) is 2.78. The second-order valence-corrected chi connectivity index (χ2v) is 7.78. The van der Waals surface area contributed by atoms with Gasteiger partial charge in [-0.15, -0.1) is 12.4 Å². The van der Waals surface area contributed by atoms with Gasteiger partial charge in [0, 0.05) is 34.5 Å². The van der Waals surface area contributed by atoms with Gasteiger partial charge in [-0.3, -0.25) is 9.88 Å². The molecule has 3 nitrogen and oxygen atoms in total. The Labute approximate surface area is 195 Å². The molecule has 1 aromatic heterocycles. The van der Waals surface area contributed by atoms with E-state index in [-0.39, 0.29) is 12.4 Å². The topological polar surface area (TPSA) is 28.2 Å². The highest BCUT2D eigenvalue weighted by molar-refractivity contribution is 6.31. The number of fused-ring (bicyclic) bond motifs is 1. The zero-order chi connectivity index (χ0) is 20.9. The zero-order valence-electron chi connectivity index (χ0n) is 17.8. The second-order valence-electron chi connectivity index (χ2n) is 7.34. The number of benzene rings is 3. The van der Waals surface area contributed by atoms with Crippen LogP contribution in [0, 0.1) is 0 Å². The van der Waals surface area contributed by atoms with Crippen LogP contribution in [0.25, 0.3) is 22.0 Å². The molecule has 4 rings (SSSR count). The molecule has 31 heavy (non-hydrogen) atoms. The van der Waals surface area contributed by atoms with Gasteiger partial charge in [0.25, 0.3) is 0 Å². The predicted molar refractivity (Wildman–Crippen MR) is 136 cm³/mol. The van der Waals surface area contributed by atoms with Crippen LogP contribution in [0.15, 0.2) is 79.0 Å². The maximum atomic E-state index is 6.14.